The van der Waals surface area contributed by atoms with E-state index in [4.69, 9.17) is 19.7 Å². The molecule has 2 aliphatic rings. The van der Waals surface area contributed by atoms with Crippen LogP contribution in [0.3, 0.4) is 0 Å². The van der Waals surface area contributed by atoms with E-state index in [0.717, 1.165) is 12.8 Å². The average molecular weight is 259 g/mol. The van der Waals surface area contributed by atoms with Gasteiger partial charge in [0.1, 0.15) is 6.04 Å². The van der Waals surface area contributed by atoms with Gasteiger partial charge in [-0.25, -0.2) is 0 Å². The van der Waals surface area contributed by atoms with Crippen LogP contribution in [0.5, 0.6) is 0 Å². The third-order valence-corrected chi connectivity index (χ3v) is 3.96. The van der Waals surface area contributed by atoms with Gasteiger partial charge in [-0.05, 0) is 12.0 Å². The van der Waals surface area contributed by atoms with Gasteiger partial charge in [0.2, 0.25) is 0 Å². The monoisotopic (exact) mass is 259 g/mol. The van der Waals surface area contributed by atoms with Gasteiger partial charge in [-0.2, -0.15) is 0 Å². The predicted octanol–water partition coefficient (Wildman–Crippen LogP) is 1.85. The summed E-state index contributed by atoms with van der Waals surface area (Å²) in [5.74, 6) is 0. The molecule has 0 N–H and O–H groups in total. The highest BCUT2D eigenvalue weighted by atomic mass is 31.0. The van der Waals surface area contributed by atoms with Gasteiger partial charge in [-0.1, -0.05) is 18.5 Å². The van der Waals surface area contributed by atoms with Crippen LogP contribution in [-0.2, 0) is 14.2 Å². The molecule has 0 saturated carbocycles. The van der Waals surface area contributed by atoms with Crippen molar-refractivity contribution in [1.29, 1.82) is 0 Å². The van der Waals surface area contributed by atoms with Crippen LogP contribution < -0.4 is 0 Å². The van der Waals surface area contributed by atoms with E-state index in [1.807, 2.05) is 0 Å². The maximum Gasteiger partial charge on any atom is 0.169 e. The number of rotatable bonds is 5. The van der Waals surface area contributed by atoms with Crippen LogP contribution in [0.2, 0.25) is 0 Å². The topological polar surface area (TPSA) is 76.5 Å². The normalized spacial score (nSPS) is 40.0. The number of hydrogen-bond donors (Lipinski definition) is 0. The van der Waals surface area contributed by atoms with Crippen molar-refractivity contribution in [2.45, 2.75) is 50.0 Å². The maximum atomic E-state index is 8.61. The summed E-state index contributed by atoms with van der Waals surface area (Å²) in [6.45, 7) is 3.34. The molecule has 0 spiro atoms. The summed E-state index contributed by atoms with van der Waals surface area (Å²) < 4.78 is 16.9. The predicted molar refractivity (Wildman–Crippen MR) is 65.7 cm³/mol. The molecule has 0 aromatic carbocycles. The Morgan fingerprint density at radius 1 is 1.59 bits per heavy atom. The zero-order valence-electron chi connectivity index (χ0n) is 9.86. The third-order valence-electron chi connectivity index (χ3n) is 3.15. The number of ether oxygens (including phenoxy) is 3. The van der Waals surface area contributed by atoms with Crippen LogP contribution in [0.4, 0.5) is 0 Å². The van der Waals surface area contributed by atoms with Crippen molar-refractivity contribution in [2.24, 2.45) is 5.11 Å². The lowest BCUT2D eigenvalue weighted by Gasteiger charge is -2.37. The zero-order valence-corrected chi connectivity index (χ0v) is 11.0. The standard InChI is InChI=1S/C10H18N3O3P/c1-2-3-4-14-8-7(12-13-11)10-15-5-6(16-10)9(8)17/h6-10H,2-5,17H2,1H3/t6?,7-,8?,9+,10+/m0/s1. The lowest BCUT2D eigenvalue weighted by Crippen LogP contribution is -2.51. The maximum absolute atomic E-state index is 8.61. The van der Waals surface area contributed by atoms with Gasteiger partial charge in [-0.3, -0.25) is 0 Å². The highest BCUT2D eigenvalue weighted by molar-refractivity contribution is 7.17. The third kappa shape index (κ3) is 2.72. The van der Waals surface area contributed by atoms with E-state index >= 15 is 0 Å². The van der Waals surface area contributed by atoms with Crippen molar-refractivity contribution in [2.75, 3.05) is 13.2 Å². The van der Waals surface area contributed by atoms with Gasteiger partial charge in [0.25, 0.3) is 0 Å². The molecule has 2 aliphatic heterocycles. The first-order valence-electron chi connectivity index (χ1n) is 5.96. The van der Waals surface area contributed by atoms with E-state index in [9.17, 15) is 0 Å². The van der Waals surface area contributed by atoms with Gasteiger partial charge >= 0.3 is 0 Å². The largest absolute Gasteiger partial charge is 0.377 e. The molecule has 96 valence electrons. The molecule has 17 heavy (non-hydrogen) atoms. The molecule has 6 nitrogen and oxygen atoms in total. The van der Waals surface area contributed by atoms with Crippen molar-refractivity contribution in [3.05, 3.63) is 10.4 Å². The number of nitrogens with zero attached hydrogens (tertiary/aromatic N) is 3. The van der Waals surface area contributed by atoms with E-state index < -0.39 is 12.3 Å². The Bertz CT molecular complexity index is 311. The first-order valence-corrected chi connectivity index (χ1v) is 6.63. The minimum Gasteiger partial charge on any atom is -0.377 e. The minimum atomic E-state index is -0.445. The number of fused-ring (bicyclic) bond motifs is 2. The minimum absolute atomic E-state index is 0.0294. The molecular formula is C10H18N3O3P. The lowest BCUT2D eigenvalue weighted by molar-refractivity contribution is -0.141. The molecule has 2 saturated heterocycles. The van der Waals surface area contributed by atoms with Crippen LogP contribution in [0.1, 0.15) is 19.8 Å². The second kappa shape index (κ2) is 5.98. The summed E-state index contributed by atoms with van der Waals surface area (Å²) in [5, 5.41) is 3.77. The Kier molecular flexibility index (Phi) is 4.60. The second-order valence-corrected chi connectivity index (χ2v) is 5.11. The lowest BCUT2D eigenvalue weighted by atomic mass is 10.0. The first-order chi connectivity index (χ1) is 8.27. The smallest absolute Gasteiger partial charge is 0.169 e. The fourth-order valence-corrected chi connectivity index (χ4v) is 2.71. The van der Waals surface area contributed by atoms with E-state index in [1.54, 1.807) is 0 Å². The molecule has 0 aromatic rings. The second-order valence-electron chi connectivity index (χ2n) is 4.34. The Hall–Kier alpha value is -0.380. The summed E-state index contributed by atoms with van der Waals surface area (Å²) in [6.07, 6.45) is 1.54. The van der Waals surface area contributed by atoms with E-state index in [1.165, 1.54) is 0 Å². The van der Waals surface area contributed by atoms with E-state index in [-0.39, 0.29) is 17.9 Å². The molecule has 0 amide bonds. The van der Waals surface area contributed by atoms with Crippen LogP contribution >= 0.6 is 9.24 Å². The quantitative estimate of drug-likeness (QED) is 0.248. The molecule has 2 heterocycles. The van der Waals surface area contributed by atoms with Crippen molar-refractivity contribution in [1.82, 2.24) is 0 Å². The molecule has 2 rings (SSSR count). The Morgan fingerprint density at radius 3 is 3.12 bits per heavy atom. The number of azide groups is 1. The SMILES string of the molecule is CCCCOC1[C@H](P)C2CO[C@H](O2)[C@H]1N=[N+]=[N-]. The Balaban J connectivity index is 2.05. The van der Waals surface area contributed by atoms with Gasteiger partial charge in [0.15, 0.2) is 6.29 Å². The van der Waals surface area contributed by atoms with E-state index in [0.29, 0.717) is 13.2 Å². The van der Waals surface area contributed by atoms with Gasteiger partial charge in [0, 0.05) is 17.2 Å². The molecule has 0 radical (unpaired) electrons. The molecule has 0 aliphatic carbocycles. The van der Waals surface area contributed by atoms with Crippen LogP contribution in [-0.4, -0.2) is 43.4 Å². The summed E-state index contributed by atoms with van der Waals surface area (Å²) in [6, 6.07) is -0.391. The van der Waals surface area contributed by atoms with Crippen LogP contribution in [0.15, 0.2) is 5.11 Å². The molecule has 2 bridgehead atoms. The molecule has 2 fully saturated rings. The molecule has 0 aromatic heterocycles. The van der Waals surface area contributed by atoms with Gasteiger partial charge in [-0.15, -0.1) is 9.24 Å². The van der Waals surface area contributed by atoms with Gasteiger partial charge in [0.05, 0.1) is 18.8 Å². The number of unbranched alkanes of at least 4 members (excludes halogenated alkanes) is 1. The molecular weight excluding hydrogens is 241 g/mol. The van der Waals surface area contributed by atoms with Gasteiger partial charge < -0.3 is 14.2 Å². The van der Waals surface area contributed by atoms with Crippen molar-refractivity contribution < 1.29 is 14.2 Å². The molecule has 3 unspecified atom stereocenters. The van der Waals surface area contributed by atoms with Crippen molar-refractivity contribution >= 4 is 9.24 Å². The summed E-state index contributed by atoms with van der Waals surface area (Å²) in [5.41, 5.74) is 8.72. The van der Waals surface area contributed by atoms with Crippen LogP contribution in [0, 0.1) is 0 Å². The van der Waals surface area contributed by atoms with Crippen molar-refractivity contribution in [3.63, 3.8) is 0 Å². The summed E-state index contributed by atoms with van der Waals surface area (Å²) in [7, 11) is 2.73. The van der Waals surface area contributed by atoms with Crippen LogP contribution in [0.25, 0.3) is 10.4 Å². The fraction of sp³-hybridized carbons (Fsp3) is 1.00. The highest BCUT2D eigenvalue weighted by Gasteiger charge is 2.49. The summed E-state index contributed by atoms with van der Waals surface area (Å²) in [4.78, 5) is 2.86. The zero-order chi connectivity index (χ0) is 12.3. The Morgan fingerprint density at radius 2 is 2.41 bits per heavy atom. The van der Waals surface area contributed by atoms with E-state index in [2.05, 4.69) is 26.2 Å². The molecule has 7 heteroatoms. The first kappa shape index (κ1) is 13.1. The average Bonchev–Trinajstić information content (AvgIpc) is 2.76. The highest BCUT2D eigenvalue weighted by Crippen LogP contribution is 2.35. The Labute approximate surface area is 103 Å². The summed E-state index contributed by atoms with van der Waals surface area (Å²) >= 11 is 0. The fourth-order valence-electron chi connectivity index (χ4n) is 2.17. The number of hydrogen-bond acceptors (Lipinski definition) is 4. The molecule has 6 atom stereocenters. The van der Waals surface area contributed by atoms with Crippen molar-refractivity contribution in [3.8, 4) is 0 Å².